The van der Waals surface area contributed by atoms with Crippen molar-refractivity contribution in [3.05, 3.63) is 57.8 Å². The summed E-state index contributed by atoms with van der Waals surface area (Å²) >= 11 is 1.37. The first-order valence-electron chi connectivity index (χ1n) is 10.4. The third kappa shape index (κ3) is 2.91. The Bertz CT molecular complexity index is 1110. The molecular formula is C24H24N2O4S. The fourth-order valence-corrected chi connectivity index (χ4v) is 5.98. The summed E-state index contributed by atoms with van der Waals surface area (Å²) in [7, 11) is 1.54. The number of methoxy groups -OCH3 is 1. The van der Waals surface area contributed by atoms with Crippen LogP contribution in [0, 0.1) is 18.8 Å². The molecule has 1 aromatic carbocycles. The van der Waals surface area contributed by atoms with Crippen LogP contribution < -0.4 is 4.90 Å². The zero-order valence-corrected chi connectivity index (χ0v) is 18.5. The number of ether oxygens (including phenoxy) is 1. The summed E-state index contributed by atoms with van der Waals surface area (Å²) in [6.07, 6.45) is 2.06. The summed E-state index contributed by atoms with van der Waals surface area (Å²) in [5, 5.41) is 1.86. The highest BCUT2D eigenvalue weighted by Crippen LogP contribution is 2.50. The predicted molar refractivity (Wildman–Crippen MR) is 119 cm³/mol. The first kappa shape index (κ1) is 20.2. The molecule has 160 valence electrons. The van der Waals surface area contributed by atoms with Crippen molar-refractivity contribution in [2.45, 2.75) is 25.9 Å². The van der Waals surface area contributed by atoms with Gasteiger partial charge in [0.1, 0.15) is 6.04 Å². The van der Waals surface area contributed by atoms with Crippen LogP contribution in [0.2, 0.25) is 0 Å². The van der Waals surface area contributed by atoms with Gasteiger partial charge in [-0.1, -0.05) is 23.8 Å². The lowest BCUT2D eigenvalue weighted by Gasteiger charge is -2.38. The average Bonchev–Trinajstić information content (AvgIpc) is 3.44. The Morgan fingerprint density at radius 1 is 1.13 bits per heavy atom. The predicted octanol–water partition coefficient (Wildman–Crippen LogP) is 3.16. The van der Waals surface area contributed by atoms with Crippen LogP contribution in [0.1, 0.15) is 27.7 Å². The summed E-state index contributed by atoms with van der Waals surface area (Å²) in [6.45, 7) is 4.56. The molecule has 0 N–H and O–H groups in total. The van der Waals surface area contributed by atoms with Crippen LogP contribution in [-0.4, -0.2) is 54.8 Å². The second-order valence-corrected chi connectivity index (χ2v) is 9.37. The standard InChI is InChI=1S/C24H24N2O4S/c1-13-6-7-16-15(11-13)14(2)12-17-19-20(24(29)25(23(19)28)8-9-30-3)21(26(16)17)22(27)18-5-4-10-31-18/h4-7,10-12,17,19-21H,8-9H2,1-3H3/t17-,19+,20+,21+/m1/s1. The van der Waals surface area contributed by atoms with E-state index in [1.54, 1.807) is 13.2 Å². The Hall–Kier alpha value is -2.77. The minimum atomic E-state index is -0.705. The van der Waals surface area contributed by atoms with Crippen molar-refractivity contribution < 1.29 is 19.1 Å². The minimum absolute atomic E-state index is 0.0956. The summed E-state index contributed by atoms with van der Waals surface area (Å²) in [5.74, 6) is -1.83. The second-order valence-electron chi connectivity index (χ2n) is 8.43. The Balaban J connectivity index is 1.66. The molecule has 5 rings (SSSR count). The number of rotatable bonds is 5. The maximum Gasteiger partial charge on any atom is 0.235 e. The molecule has 0 saturated carbocycles. The number of thiophene rings is 1. The first-order valence-corrected chi connectivity index (χ1v) is 11.3. The van der Waals surface area contributed by atoms with E-state index in [2.05, 4.69) is 12.1 Å². The SMILES string of the molecule is COCCN1C(=O)[C@@H]2[C@H](C1=O)[C@@H](C(=O)c1cccs1)N1c3ccc(C)cc3C(C)=C[C@H]21. The van der Waals surface area contributed by atoms with E-state index in [0.29, 0.717) is 4.88 Å². The van der Waals surface area contributed by atoms with Gasteiger partial charge >= 0.3 is 0 Å². The molecule has 6 nitrogen and oxygen atoms in total. The van der Waals surface area contributed by atoms with Gasteiger partial charge in [-0.15, -0.1) is 11.3 Å². The first-order chi connectivity index (χ1) is 14.9. The third-order valence-electron chi connectivity index (χ3n) is 6.65. The molecule has 1 aromatic heterocycles. The Morgan fingerprint density at radius 3 is 2.61 bits per heavy atom. The molecule has 7 heteroatoms. The fraction of sp³-hybridized carbons (Fsp3) is 0.375. The van der Waals surface area contributed by atoms with Crippen molar-refractivity contribution in [3.63, 3.8) is 0 Å². The largest absolute Gasteiger partial charge is 0.383 e. The highest BCUT2D eigenvalue weighted by atomic mass is 32.1. The van der Waals surface area contributed by atoms with Crippen LogP contribution in [0.3, 0.4) is 0 Å². The van der Waals surface area contributed by atoms with Gasteiger partial charge < -0.3 is 9.64 Å². The zero-order chi connectivity index (χ0) is 21.9. The second kappa shape index (κ2) is 7.43. The number of aryl methyl sites for hydroxylation is 1. The molecule has 2 amide bonds. The number of fused-ring (bicyclic) bond motifs is 5. The molecule has 2 saturated heterocycles. The summed E-state index contributed by atoms with van der Waals surface area (Å²) in [4.78, 5) is 44.4. The van der Waals surface area contributed by atoms with Gasteiger partial charge in [0.2, 0.25) is 11.8 Å². The van der Waals surface area contributed by atoms with Crippen LogP contribution in [0.15, 0.2) is 41.8 Å². The van der Waals surface area contributed by atoms with E-state index in [9.17, 15) is 14.4 Å². The van der Waals surface area contributed by atoms with Gasteiger partial charge in [0.15, 0.2) is 5.78 Å². The lowest BCUT2D eigenvalue weighted by molar-refractivity contribution is -0.141. The van der Waals surface area contributed by atoms with Crippen molar-refractivity contribution in [1.29, 1.82) is 0 Å². The number of ketones is 1. The van der Waals surface area contributed by atoms with Gasteiger partial charge in [0.25, 0.3) is 0 Å². The zero-order valence-electron chi connectivity index (χ0n) is 17.7. The van der Waals surface area contributed by atoms with Crippen molar-refractivity contribution in [2.24, 2.45) is 11.8 Å². The molecular weight excluding hydrogens is 412 g/mol. The highest BCUT2D eigenvalue weighted by Gasteiger charge is 2.64. The normalized spacial score (nSPS) is 26.6. The molecule has 31 heavy (non-hydrogen) atoms. The number of anilines is 1. The van der Waals surface area contributed by atoms with Gasteiger partial charge in [-0.05, 0) is 43.0 Å². The number of hydrogen-bond acceptors (Lipinski definition) is 6. The molecule has 3 aliphatic rings. The third-order valence-corrected chi connectivity index (χ3v) is 7.53. The van der Waals surface area contributed by atoms with E-state index in [4.69, 9.17) is 4.74 Å². The van der Waals surface area contributed by atoms with Crippen molar-refractivity contribution in [2.75, 3.05) is 25.2 Å². The molecule has 4 atom stereocenters. The summed E-state index contributed by atoms with van der Waals surface area (Å²) < 4.78 is 5.10. The van der Waals surface area contributed by atoms with Crippen molar-refractivity contribution in [3.8, 4) is 0 Å². The molecule has 4 heterocycles. The van der Waals surface area contributed by atoms with E-state index in [-0.39, 0.29) is 36.8 Å². The lowest BCUT2D eigenvalue weighted by atomic mass is 9.86. The molecule has 2 fully saturated rings. The average molecular weight is 437 g/mol. The number of imide groups is 1. The maximum atomic E-state index is 13.7. The molecule has 2 aromatic rings. The Labute approximate surface area is 185 Å². The number of nitrogens with zero attached hydrogens (tertiary/aromatic N) is 2. The molecule has 3 aliphatic heterocycles. The number of carbonyl (C=O) groups excluding carboxylic acids is 3. The van der Waals surface area contributed by atoms with Gasteiger partial charge in [-0.25, -0.2) is 0 Å². The van der Waals surface area contributed by atoms with Crippen LogP contribution >= 0.6 is 11.3 Å². The fourth-order valence-electron chi connectivity index (χ4n) is 5.29. The molecule has 0 unspecified atom stereocenters. The number of carbonyl (C=O) groups is 3. The molecule has 0 bridgehead atoms. The van der Waals surface area contributed by atoms with Gasteiger partial charge in [0.05, 0.1) is 35.9 Å². The number of likely N-dealkylation sites (tertiary alicyclic amines) is 1. The number of allylic oxidation sites excluding steroid dienone is 1. The van der Waals surface area contributed by atoms with Crippen LogP contribution in [-0.2, 0) is 14.3 Å². The van der Waals surface area contributed by atoms with Crippen LogP contribution in [0.4, 0.5) is 5.69 Å². The Morgan fingerprint density at radius 2 is 1.90 bits per heavy atom. The highest BCUT2D eigenvalue weighted by molar-refractivity contribution is 7.12. The monoisotopic (exact) mass is 436 g/mol. The van der Waals surface area contributed by atoms with E-state index < -0.39 is 17.9 Å². The summed E-state index contributed by atoms with van der Waals surface area (Å²) in [5.41, 5.74) is 4.17. The number of Topliss-reactive ketones (excluding diaryl/α,β-unsaturated/α-hetero) is 1. The van der Waals surface area contributed by atoms with Gasteiger partial charge in [-0.3, -0.25) is 19.3 Å². The van der Waals surface area contributed by atoms with E-state index in [0.717, 1.165) is 22.4 Å². The number of hydrogen-bond donors (Lipinski definition) is 0. The lowest BCUT2D eigenvalue weighted by Crippen LogP contribution is -2.49. The smallest absolute Gasteiger partial charge is 0.235 e. The Kier molecular flexibility index (Phi) is 4.83. The van der Waals surface area contributed by atoms with E-state index >= 15 is 0 Å². The van der Waals surface area contributed by atoms with Crippen molar-refractivity contribution >= 4 is 40.2 Å². The molecule has 0 radical (unpaired) electrons. The molecule has 0 aliphatic carbocycles. The maximum absolute atomic E-state index is 13.7. The van der Waals surface area contributed by atoms with Gasteiger partial charge in [0, 0.05) is 18.4 Å². The minimum Gasteiger partial charge on any atom is -0.383 e. The van der Waals surface area contributed by atoms with E-state index in [1.807, 2.05) is 42.3 Å². The van der Waals surface area contributed by atoms with Crippen LogP contribution in [0.25, 0.3) is 5.57 Å². The topological polar surface area (TPSA) is 66.9 Å². The number of benzene rings is 1. The molecule has 0 spiro atoms. The number of amides is 2. The quantitative estimate of drug-likeness (QED) is 0.532. The van der Waals surface area contributed by atoms with E-state index in [1.165, 1.54) is 16.2 Å². The van der Waals surface area contributed by atoms with Crippen molar-refractivity contribution in [1.82, 2.24) is 4.90 Å². The summed E-state index contributed by atoms with van der Waals surface area (Å²) in [6, 6.07) is 8.74. The van der Waals surface area contributed by atoms with Gasteiger partial charge in [-0.2, -0.15) is 0 Å². The van der Waals surface area contributed by atoms with Crippen LogP contribution in [0.5, 0.6) is 0 Å².